The van der Waals surface area contributed by atoms with Crippen LogP contribution in [0.1, 0.15) is 11.1 Å². The van der Waals surface area contributed by atoms with Crippen LogP contribution in [0.25, 0.3) is 0 Å². The molecule has 4 aromatic rings. The minimum atomic E-state index is -3.33. The van der Waals surface area contributed by atoms with Crippen molar-refractivity contribution in [3.8, 4) is 0 Å². The molecule has 4 rings (SSSR count). The first kappa shape index (κ1) is 33.9. The maximum absolute atomic E-state index is 15.0. The summed E-state index contributed by atoms with van der Waals surface area (Å²) in [5.41, 5.74) is 0.0870. The first-order valence-corrected chi connectivity index (χ1v) is 14.2. The highest BCUT2D eigenvalue weighted by molar-refractivity contribution is 9.10. The number of likely N-dealkylation sites (N-methyl/N-ethyl adjacent to an activating group) is 2. The van der Waals surface area contributed by atoms with Crippen LogP contribution in [0.3, 0.4) is 0 Å². The number of carbonyl (C=O) groups excluding carboxylic acids is 2. The highest BCUT2D eigenvalue weighted by Crippen LogP contribution is 2.32. The van der Waals surface area contributed by atoms with Gasteiger partial charge in [-0.2, -0.15) is 8.78 Å². The van der Waals surface area contributed by atoms with E-state index in [1.54, 1.807) is 60.7 Å². The molecule has 0 radical (unpaired) electrons. The third kappa shape index (κ3) is 7.14. The Hall–Kier alpha value is -4.56. The lowest BCUT2D eigenvalue weighted by molar-refractivity contribution is -0.595. The standard InChI is InChI=1S/2C15H12BrFN2O3/c2*1-18(13-9-7-12(16)8-10-13)14(20)15(17,19(21)22)11-5-3-2-4-6-11/h2*2-10H,1H3/t2*15-/m11/s1. The van der Waals surface area contributed by atoms with Crippen LogP contribution >= 0.6 is 31.9 Å². The number of alkyl halides is 2. The molecule has 0 saturated carbocycles. The Morgan fingerprint density at radius 2 is 0.864 bits per heavy atom. The van der Waals surface area contributed by atoms with E-state index in [0.717, 1.165) is 18.7 Å². The second-order valence-corrected chi connectivity index (χ2v) is 11.0. The minimum Gasteiger partial charge on any atom is -0.306 e. The van der Waals surface area contributed by atoms with Gasteiger partial charge in [-0.1, -0.05) is 68.3 Å². The zero-order valence-corrected chi connectivity index (χ0v) is 26.3. The predicted molar refractivity (Wildman–Crippen MR) is 168 cm³/mol. The van der Waals surface area contributed by atoms with E-state index in [2.05, 4.69) is 31.9 Å². The lowest BCUT2D eigenvalue weighted by Crippen LogP contribution is -2.47. The quantitative estimate of drug-likeness (QED) is 0.109. The Balaban J connectivity index is 0.000000240. The molecule has 0 aliphatic heterocycles. The largest absolute Gasteiger partial charge is 0.463 e. The van der Waals surface area contributed by atoms with E-state index in [-0.39, 0.29) is 11.1 Å². The van der Waals surface area contributed by atoms with Crippen molar-refractivity contribution < 1.29 is 28.2 Å². The molecule has 0 fully saturated rings. The van der Waals surface area contributed by atoms with Crippen molar-refractivity contribution in [2.24, 2.45) is 0 Å². The Bertz CT molecular complexity index is 1510. The number of carbonyl (C=O) groups is 2. The van der Waals surface area contributed by atoms with Crippen molar-refractivity contribution in [3.05, 3.63) is 149 Å². The van der Waals surface area contributed by atoms with Crippen LogP contribution in [0, 0.1) is 20.2 Å². The average molecular weight is 734 g/mol. The van der Waals surface area contributed by atoms with E-state index in [1.165, 1.54) is 62.6 Å². The van der Waals surface area contributed by atoms with Crippen LogP contribution in [-0.2, 0) is 21.2 Å². The predicted octanol–water partition coefficient (Wildman–Crippen LogP) is 7.02. The van der Waals surface area contributed by atoms with E-state index in [4.69, 9.17) is 0 Å². The summed E-state index contributed by atoms with van der Waals surface area (Å²) in [6.45, 7) is 0. The minimum absolute atomic E-state index is 0.311. The molecule has 0 spiro atoms. The summed E-state index contributed by atoms with van der Waals surface area (Å²) in [6, 6.07) is 26.7. The molecule has 0 N–H and O–H groups in total. The van der Waals surface area contributed by atoms with Gasteiger partial charge in [-0.3, -0.25) is 29.8 Å². The zero-order valence-electron chi connectivity index (χ0n) is 23.1. The van der Waals surface area contributed by atoms with Gasteiger partial charge in [0.25, 0.3) is 0 Å². The molecular weight excluding hydrogens is 710 g/mol. The fraction of sp³-hybridized carbons (Fsp3) is 0.133. The van der Waals surface area contributed by atoms with E-state index in [1.807, 2.05) is 0 Å². The van der Waals surface area contributed by atoms with E-state index < -0.39 is 33.2 Å². The van der Waals surface area contributed by atoms with E-state index in [9.17, 15) is 38.6 Å². The molecule has 2 amide bonds. The third-order valence-electron chi connectivity index (χ3n) is 6.42. The van der Waals surface area contributed by atoms with Gasteiger partial charge in [-0.25, -0.2) is 0 Å². The van der Waals surface area contributed by atoms with Crippen molar-refractivity contribution in [3.63, 3.8) is 0 Å². The third-order valence-corrected chi connectivity index (χ3v) is 7.48. The highest BCUT2D eigenvalue weighted by Gasteiger charge is 2.56. The molecule has 10 nitrogen and oxygen atoms in total. The smallest absolute Gasteiger partial charge is 0.306 e. The molecule has 4 aromatic carbocycles. The molecule has 14 heteroatoms. The van der Waals surface area contributed by atoms with Gasteiger partial charge >= 0.3 is 23.4 Å². The van der Waals surface area contributed by atoms with Crippen molar-refractivity contribution in [2.75, 3.05) is 23.9 Å². The van der Waals surface area contributed by atoms with Crippen LogP contribution in [0.5, 0.6) is 0 Å². The Morgan fingerprint density at radius 1 is 0.591 bits per heavy atom. The molecule has 0 heterocycles. The molecule has 228 valence electrons. The van der Waals surface area contributed by atoms with Crippen molar-refractivity contribution in [1.82, 2.24) is 0 Å². The number of rotatable bonds is 8. The second-order valence-electron chi connectivity index (χ2n) is 9.17. The lowest BCUT2D eigenvalue weighted by Gasteiger charge is -2.23. The van der Waals surface area contributed by atoms with Crippen molar-refractivity contribution >= 4 is 55.0 Å². The van der Waals surface area contributed by atoms with Gasteiger partial charge in [0.05, 0.1) is 21.0 Å². The summed E-state index contributed by atoms with van der Waals surface area (Å²) >= 11 is 6.49. The van der Waals surface area contributed by atoms with Gasteiger partial charge < -0.3 is 9.80 Å². The summed E-state index contributed by atoms with van der Waals surface area (Å²) in [5, 5.41) is 22.5. The van der Waals surface area contributed by atoms with Crippen molar-refractivity contribution in [1.29, 1.82) is 0 Å². The van der Waals surface area contributed by atoms with Gasteiger partial charge in [-0.05, 0) is 72.8 Å². The number of benzene rings is 4. The van der Waals surface area contributed by atoms with Crippen LogP contribution in [-0.4, -0.2) is 35.8 Å². The number of amides is 2. The first-order valence-electron chi connectivity index (χ1n) is 12.6. The number of anilines is 2. The maximum atomic E-state index is 15.0. The number of halogens is 4. The molecular formula is C30H24Br2F2N4O6. The van der Waals surface area contributed by atoms with Crippen LogP contribution in [0.2, 0.25) is 0 Å². The topological polar surface area (TPSA) is 127 Å². The molecule has 0 aromatic heterocycles. The summed E-state index contributed by atoms with van der Waals surface area (Å²) < 4.78 is 31.5. The van der Waals surface area contributed by atoms with E-state index in [0.29, 0.717) is 11.4 Å². The number of hydrogen-bond donors (Lipinski definition) is 0. The lowest BCUT2D eigenvalue weighted by atomic mass is 10.0. The summed E-state index contributed by atoms with van der Waals surface area (Å²) in [5.74, 6) is -9.18. The summed E-state index contributed by atoms with van der Waals surface area (Å²) in [7, 11) is 2.60. The molecule has 0 saturated heterocycles. The maximum Gasteiger partial charge on any atom is 0.463 e. The fourth-order valence-corrected chi connectivity index (χ4v) is 4.47. The summed E-state index contributed by atoms with van der Waals surface area (Å²) in [6.07, 6.45) is 0. The Kier molecular flexibility index (Phi) is 11.0. The Labute approximate surface area is 267 Å². The Morgan fingerprint density at radius 3 is 1.11 bits per heavy atom. The van der Waals surface area contributed by atoms with Crippen LogP contribution in [0.4, 0.5) is 20.2 Å². The van der Waals surface area contributed by atoms with Gasteiger partial charge in [0.15, 0.2) is 0 Å². The first-order chi connectivity index (χ1) is 20.7. The van der Waals surface area contributed by atoms with Gasteiger partial charge in [0.1, 0.15) is 0 Å². The van der Waals surface area contributed by atoms with Gasteiger partial charge in [-0.15, -0.1) is 0 Å². The normalized spacial score (nSPS) is 13.2. The fourth-order valence-electron chi connectivity index (χ4n) is 3.94. The molecule has 0 aliphatic carbocycles. The molecule has 2 atom stereocenters. The second kappa shape index (κ2) is 14.3. The van der Waals surface area contributed by atoms with E-state index >= 15 is 0 Å². The summed E-state index contributed by atoms with van der Waals surface area (Å²) in [4.78, 5) is 46.7. The monoisotopic (exact) mass is 732 g/mol. The van der Waals surface area contributed by atoms with Crippen LogP contribution < -0.4 is 9.80 Å². The molecule has 0 bridgehead atoms. The average Bonchev–Trinajstić information content (AvgIpc) is 3.04. The van der Waals surface area contributed by atoms with Crippen LogP contribution in [0.15, 0.2) is 118 Å². The zero-order chi connectivity index (χ0) is 32.7. The SMILES string of the molecule is CN(C(=O)[C@@](F)(c1ccccc1)[N+](=O)[O-])c1ccc(Br)cc1.CN(C(=O)[C@@](F)(c1ccccc1)[N+](=O)[O-])c1ccc(Br)cc1. The van der Waals surface area contributed by atoms with Gasteiger partial charge in [0, 0.05) is 34.4 Å². The highest BCUT2D eigenvalue weighted by atomic mass is 79.9. The molecule has 0 unspecified atom stereocenters. The van der Waals surface area contributed by atoms with Crippen molar-refractivity contribution in [2.45, 2.75) is 11.6 Å². The molecule has 44 heavy (non-hydrogen) atoms. The van der Waals surface area contributed by atoms with Gasteiger partial charge in [0.2, 0.25) is 0 Å². The number of nitrogens with zero attached hydrogens (tertiary/aromatic N) is 4. The number of nitro groups is 2. The number of hydrogen-bond acceptors (Lipinski definition) is 6. The molecule has 0 aliphatic rings.